The van der Waals surface area contributed by atoms with E-state index in [1.54, 1.807) is 0 Å². The maximum atomic E-state index is 3.47. The zero-order chi connectivity index (χ0) is 37.0. The summed E-state index contributed by atoms with van der Waals surface area (Å²) >= 11 is 0. The van der Waals surface area contributed by atoms with Gasteiger partial charge in [0.15, 0.2) is 0 Å². The molecule has 2 aliphatic carbocycles. The molecular formula is C51H50N2. The van der Waals surface area contributed by atoms with E-state index >= 15 is 0 Å². The van der Waals surface area contributed by atoms with Gasteiger partial charge in [0.2, 0.25) is 0 Å². The van der Waals surface area contributed by atoms with Gasteiger partial charge in [0.1, 0.15) is 0 Å². The van der Waals surface area contributed by atoms with Gasteiger partial charge in [-0.05, 0) is 106 Å². The van der Waals surface area contributed by atoms with Crippen LogP contribution in [0.25, 0.3) is 65.9 Å². The summed E-state index contributed by atoms with van der Waals surface area (Å²) in [6, 6.07) is 33.2. The average Bonchev–Trinajstić information content (AvgIpc) is 3.73. The van der Waals surface area contributed by atoms with Crippen molar-refractivity contribution in [3.8, 4) is 45.9 Å². The number of hydrogen-bond acceptors (Lipinski definition) is 0. The van der Waals surface area contributed by atoms with Crippen LogP contribution in [0, 0.1) is 34.5 Å². The van der Waals surface area contributed by atoms with Crippen LogP contribution in [-0.2, 0) is 24.9 Å². The standard InChI is InChI=1S/C51H50N2/c1-10-12-28-52-43-25-21-34(32(3)49(4,5)6)31-41(43)39-23-24-40-45-36(16-15-19-44(45)53(29-13-11-2)48(40)47(39)52)38-18-14-17-37-35-22-20-33-26-27-50(7,8)51(9,46(37)38)42(35)30-33/h14-25,30-32H,26-29H2,1-9H3. The highest BCUT2D eigenvalue weighted by Gasteiger charge is 2.51. The topological polar surface area (TPSA) is 9.86 Å². The number of benzene rings is 5. The molecule has 2 aliphatic rings. The lowest BCUT2D eigenvalue weighted by molar-refractivity contribution is 0.210. The Bertz CT molecular complexity index is 2800. The summed E-state index contributed by atoms with van der Waals surface area (Å²) in [7, 11) is 0. The van der Waals surface area contributed by atoms with E-state index in [-0.39, 0.29) is 16.2 Å². The van der Waals surface area contributed by atoms with Crippen LogP contribution in [0.5, 0.6) is 0 Å². The van der Waals surface area contributed by atoms with Crippen LogP contribution in [0.15, 0.2) is 84.9 Å². The van der Waals surface area contributed by atoms with Crippen LogP contribution < -0.4 is 0 Å². The lowest BCUT2D eigenvalue weighted by Gasteiger charge is -2.43. The predicted octanol–water partition coefficient (Wildman–Crippen LogP) is 13.0. The molecule has 2 nitrogen and oxygen atoms in total. The first kappa shape index (κ1) is 33.6. The predicted molar refractivity (Wildman–Crippen MR) is 227 cm³/mol. The molecule has 0 saturated heterocycles. The Morgan fingerprint density at radius 2 is 1.32 bits per heavy atom. The Balaban J connectivity index is 1.40. The van der Waals surface area contributed by atoms with Gasteiger partial charge in [-0.15, -0.1) is 11.8 Å². The number of hydrogen-bond donors (Lipinski definition) is 0. The van der Waals surface area contributed by atoms with Gasteiger partial charge in [0, 0.05) is 27.0 Å². The number of rotatable bonds is 4. The third-order valence-corrected chi connectivity index (χ3v) is 13.7. The summed E-state index contributed by atoms with van der Waals surface area (Å²) in [6.45, 7) is 22.1. The fraction of sp³-hybridized carbons (Fsp3) is 0.333. The van der Waals surface area contributed by atoms with Crippen molar-refractivity contribution in [3.05, 3.63) is 107 Å². The van der Waals surface area contributed by atoms with Crippen LogP contribution in [0.4, 0.5) is 0 Å². The van der Waals surface area contributed by atoms with E-state index in [9.17, 15) is 0 Å². The summed E-state index contributed by atoms with van der Waals surface area (Å²) in [6.07, 6.45) is 2.28. The van der Waals surface area contributed by atoms with E-state index in [1.165, 1.54) is 88.1 Å². The lowest BCUT2D eigenvalue weighted by Crippen LogP contribution is -2.38. The van der Waals surface area contributed by atoms with E-state index < -0.39 is 0 Å². The van der Waals surface area contributed by atoms with Crippen LogP contribution >= 0.6 is 0 Å². The highest BCUT2D eigenvalue weighted by atomic mass is 15.0. The van der Waals surface area contributed by atoms with Gasteiger partial charge in [0.25, 0.3) is 0 Å². The molecule has 7 aromatic rings. The minimum atomic E-state index is -0.116. The van der Waals surface area contributed by atoms with Crippen LogP contribution in [-0.4, -0.2) is 9.13 Å². The van der Waals surface area contributed by atoms with Crippen molar-refractivity contribution in [2.45, 2.75) is 99.6 Å². The minimum absolute atomic E-state index is 0.0779. The molecule has 2 heteroatoms. The number of fused-ring (bicyclic) bond motifs is 11. The third kappa shape index (κ3) is 4.61. The fourth-order valence-electron chi connectivity index (χ4n) is 9.96. The van der Waals surface area contributed by atoms with Crippen molar-refractivity contribution in [2.75, 3.05) is 0 Å². The third-order valence-electron chi connectivity index (χ3n) is 13.7. The smallest absolute Gasteiger partial charge is 0.0844 e. The summed E-state index contributed by atoms with van der Waals surface area (Å²) < 4.78 is 4.95. The zero-order valence-corrected chi connectivity index (χ0v) is 32.9. The Labute approximate surface area is 315 Å². The first-order valence-corrected chi connectivity index (χ1v) is 19.5. The molecule has 0 N–H and O–H groups in total. The summed E-state index contributed by atoms with van der Waals surface area (Å²) in [4.78, 5) is 0. The first-order chi connectivity index (χ1) is 25.4. The van der Waals surface area contributed by atoms with Crippen LogP contribution in [0.3, 0.4) is 0 Å². The molecule has 2 heterocycles. The second-order valence-electron chi connectivity index (χ2n) is 17.6. The largest absolute Gasteiger partial charge is 0.327 e. The highest BCUT2D eigenvalue weighted by Crippen LogP contribution is 2.62. The molecule has 0 fully saturated rings. The van der Waals surface area contributed by atoms with Crippen molar-refractivity contribution in [2.24, 2.45) is 10.8 Å². The van der Waals surface area contributed by atoms with E-state index in [2.05, 4.69) is 166 Å². The summed E-state index contributed by atoms with van der Waals surface area (Å²) in [5, 5.41) is 5.16. The lowest BCUT2D eigenvalue weighted by atomic mass is 9.59. The normalized spacial score (nSPS) is 17.8. The molecule has 5 aromatic carbocycles. The van der Waals surface area contributed by atoms with Gasteiger partial charge < -0.3 is 9.13 Å². The molecule has 264 valence electrons. The highest BCUT2D eigenvalue weighted by molar-refractivity contribution is 6.25. The fourth-order valence-corrected chi connectivity index (χ4v) is 9.96. The zero-order valence-electron chi connectivity index (χ0n) is 32.9. The maximum Gasteiger partial charge on any atom is 0.0844 e. The molecule has 2 bridgehead atoms. The van der Waals surface area contributed by atoms with Crippen molar-refractivity contribution >= 4 is 43.6 Å². The second-order valence-corrected chi connectivity index (χ2v) is 17.6. The first-order valence-electron chi connectivity index (χ1n) is 19.5. The molecule has 0 radical (unpaired) electrons. The molecule has 2 aromatic heterocycles. The van der Waals surface area contributed by atoms with Crippen molar-refractivity contribution in [3.63, 3.8) is 0 Å². The Morgan fingerprint density at radius 1 is 0.679 bits per heavy atom. The molecule has 0 spiro atoms. The van der Waals surface area contributed by atoms with Crippen LogP contribution in [0.1, 0.15) is 96.9 Å². The minimum Gasteiger partial charge on any atom is -0.327 e. The molecule has 2 unspecified atom stereocenters. The molecule has 9 rings (SSSR count). The molecule has 2 atom stereocenters. The monoisotopic (exact) mass is 690 g/mol. The van der Waals surface area contributed by atoms with Crippen molar-refractivity contribution < 1.29 is 0 Å². The maximum absolute atomic E-state index is 3.47. The van der Waals surface area contributed by atoms with Crippen LogP contribution in [0.2, 0.25) is 0 Å². The van der Waals surface area contributed by atoms with E-state index in [0.717, 1.165) is 12.8 Å². The van der Waals surface area contributed by atoms with Gasteiger partial charge >= 0.3 is 0 Å². The number of aromatic nitrogens is 2. The summed E-state index contributed by atoms with van der Waals surface area (Å²) in [5.41, 5.74) is 16.4. The average molecular weight is 691 g/mol. The summed E-state index contributed by atoms with van der Waals surface area (Å²) in [5.74, 6) is 13.8. The Kier molecular flexibility index (Phi) is 7.40. The second kappa shape index (κ2) is 11.7. The van der Waals surface area contributed by atoms with Crippen molar-refractivity contribution in [1.82, 2.24) is 9.13 Å². The van der Waals surface area contributed by atoms with Gasteiger partial charge in [-0.3, -0.25) is 0 Å². The quantitative estimate of drug-likeness (QED) is 0.163. The molecule has 0 aliphatic heterocycles. The molecule has 0 amide bonds. The van der Waals surface area contributed by atoms with Gasteiger partial charge in [-0.2, -0.15) is 0 Å². The molecule has 0 saturated carbocycles. The van der Waals surface area contributed by atoms with E-state index in [1.807, 2.05) is 13.8 Å². The van der Waals surface area contributed by atoms with E-state index in [0.29, 0.717) is 19.0 Å². The molecule has 53 heavy (non-hydrogen) atoms. The number of aryl methyl sites for hydroxylation is 1. The van der Waals surface area contributed by atoms with Gasteiger partial charge in [0.05, 0.1) is 35.2 Å². The Morgan fingerprint density at radius 3 is 2.04 bits per heavy atom. The van der Waals surface area contributed by atoms with Gasteiger partial charge in [-0.1, -0.05) is 127 Å². The molecular weight excluding hydrogens is 641 g/mol. The van der Waals surface area contributed by atoms with E-state index in [4.69, 9.17) is 0 Å². The van der Waals surface area contributed by atoms with Gasteiger partial charge in [-0.25, -0.2) is 0 Å². The Hall–Kier alpha value is -5.18. The van der Waals surface area contributed by atoms with Crippen molar-refractivity contribution in [1.29, 1.82) is 0 Å². The number of nitrogens with zero attached hydrogens (tertiary/aromatic N) is 2. The SMILES string of the molecule is CC#CCn1c2ccc(C(C)C(C)(C)C)cc2c2ccc3c4c(-c5cccc6c5C5(C)c7cc(ccc7-6)CCC5(C)C)cccc4n(CC#CC)c3c21.